The number of hydrogen-bond acceptors (Lipinski definition) is 7. The van der Waals surface area contributed by atoms with E-state index in [9.17, 15) is 20.1 Å². The average molecular weight is 284 g/mol. The largest absolute Gasteiger partial charge is 0.391 e. The Bertz CT molecular complexity index is 476. The molecule has 2 heterocycles. The lowest BCUT2D eigenvalue weighted by atomic mass is 9.90. The summed E-state index contributed by atoms with van der Waals surface area (Å²) in [6.07, 6.45) is 0.392. The summed E-state index contributed by atoms with van der Waals surface area (Å²) in [6.45, 7) is 1.40. The van der Waals surface area contributed by atoms with Crippen LogP contribution in [0.4, 0.5) is 4.79 Å². The lowest BCUT2D eigenvalue weighted by Crippen LogP contribution is -2.63. The molecule has 2 amide bonds. The molecule has 1 saturated heterocycles. The highest BCUT2D eigenvalue weighted by atomic mass is 16.6. The fourth-order valence-electron chi connectivity index (χ4n) is 2.13. The van der Waals surface area contributed by atoms with E-state index in [0.717, 1.165) is 11.2 Å². The molecule has 0 aromatic rings. The normalized spacial score (nSPS) is 42.2. The van der Waals surface area contributed by atoms with E-state index in [1.54, 1.807) is 0 Å². The lowest BCUT2D eigenvalue weighted by Gasteiger charge is -2.34. The summed E-state index contributed by atoms with van der Waals surface area (Å²) in [5.74, 6) is 2.19. The van der Waals surface area contributed by atoms with Crippen LogP contribution in [0.3, 0.4) is 0 Å². The second-order valence-corrected chi connectivity index (χ2v) is 4.72. The predicted octanol–water partition coefficient (Wildman–Crippen LogP) is -2.89. The molecule has 2 unspecified atom stereocenters. The number of urea groups is 1. The van der Waals surface area contributed by atoms with E-state index < -0.39 is 42.3 Å². The van der Waals surface area contributed by atoms with Crippen LogP contribution in [0.1, 0.15) is 6.92 Å². The first-order valence-electron chi connectivity index (χ1n) is 5.91. The first kappa shape index (κ1) is 14.7. The summed E-state index contributed by atoms with van der Waals surface area (Å²) in [5, 5.41) is 35.5. The number of nitrogens with one attached hydrogen (secondary N) is 1. The van der Waals surface area contributed by atoms with Crippen LogP contribution in [0.15, 0.2) is 5.10 Å². The van der Waals surface area contributed by atoms with Gasteiger partial charge in [0.2, 0.25) is 0 Å². The van der Waals surface area contributed by atoms with Crippen molar-refractivity contribution in [2.24, 2.45) is 10.8 Å². The van der Waals surface area contributed by atoms with Crippen LogP contribution in [0.2, 0.25) is 0 Å². The molecule has 20 heavy (non-hydrogen) atoms. The highest BCUT2D eigenvalue weighted by Crippen LogP contribution is 2.33. The van der Waals surface area contributed by atoms with Gasteiger partial charge in [-0.2, -0.15) is 10.1 Å². The highest BCUT2D eigenvalue weighted by Gasteiger charge is 2.58. The Morgan fingerprint density at radius 2 is 2.35 bits per heavy atom. The molecule has 2 aliphatic heterocycles. The molecule has 110 valence electrons. The van der Waals surface area contributed by atoms with Gasteiger partial charge in [-0.15, -0.1) is 6.42 Å². The molecular weight excluding hydrogens is 268 g/mol. The standard InChI is InChI=1S/C11H16N4O5/c1-3-11(12)8(18)7(5(2)16)20-9(11)15-10(19)14-6(17)4-13-15/h1,4-9,16-18H,12H2,2H3,(H,14,19)/t5-,6?,7+,8-,9+,11?/m0/s1. The number of aliphatic hydroxyl groups is 3. The number of hydrogen-bond donors (Lipinski definition) is 5. The Morgan fingerprint density at radius 1 is 1.70 bits per heavy atom. The van der Waals surface area contributed by atoms with E-state index in [2.05, 4.69) is 16.3 Å². The number of terminal acetylenes is 1. The van der Waals surface area contributed by atoms with Crippen LogP contribution in [-0.2, 0) is 4.74 Å². The minimum absolute atomic E-state index is 0.784. The summed E-state index contributed by atoms with van der Waals surface area (Å²) >= 11 is 0. The van der Waals surface area contributed by atoms with Crippen molar-refractivity contribution in [2.45, 2.75) is 43.2 Å². The third-order valence-electron chi connectivity index (χ3n) is 3.25. The first-order chi connectivity index (χ1) is 9.31. The van der Waals surface area contributed by atoms with Gasteiger partial charge in [0.05, 0.1) is 12.3 Å². The molecule has 0 saturated carbocycles. The number of carbonyl (C=O) groups is 1. The maximum atomic E-state index is 11.8. The van der Waals surface area contributed by atoms with Gasteiger partial charge in [0.1, 0.15) is 12.2 Å². The van der Waals surface area contributed by atoms with Crippen LogP contribution >= 0.6 is 0 Å². The monoisotopic (exact) mass is 284 g/mol. The number of carbonyl (C=O) groups excluding carboxylic acids is 1. The van der Waals surface area contributed by atoms with Gasteiger partial charge >= 0.3 is 6.03 Å². The third kappa shape index (κ3) is 2.13. The smallest absolute Gasteiger partial charge is 0.342 e. The predicted molar refractivity (Wildman–Crippen MR) is 67.0 cm³/mol. The molecule has 0 bridgehead atoms. The summed E-state index contributed by atoms with van der Waals surface area (Å²) in [4.78, 5) is 11.8. The Morgan fingerprint density at radius 3 is 2.85 bits per heavy atom. The number of aliphatic hydroxyl groups excluding tert-OH is 3. The van der Waals surface area contributed by atoms with Gasteiger partial charge in [0.15, 0.2) is 18.0 Å². The zero-order valence-corrected chi connectivity index (χ0v) is 10.7. The SMILES string of the molecule is C#CC1(N)[C@@H](O)[C@@H]([C@H](C)O)O[C@H]1N1N=CC(O)NC1=O. The molecule has 0 spiro atoms. The van der Waals surface area contributed by atoms with Crippen molar-refractivity contribution in [1.29, 1.82) is 0 Å². The van der Waals surface area contributed by atoms with E-state index >= 15 is 0 Å². The quantitative estimate of drug-likeness (QED) is 0.345. The summed E-state index contributed by atoms with van der Waals surface area (Å²) in [7, 11) is 0. The minimum atomic E-state index is -1.74. The summed E-state index contributed by atoms with van der Waals surface area (Å²) in [5.41, 5.74) is 4.18. The minimum Gasteiger partial charge on any atom is -0.391 e. The molecular formula is C11H16N4O5. The number of rotatable bonds is 2. The van der Waals surface area contributed by atoms with Gasteiger partial charge in [-0.3, -0.25) is 0 Å². The van der Waals surface area contributed by atoms with Crippen LogP contribution < -0.4 is 11.1 Å². The Kier molecular flexibility index (Phi) is 3.68. The average Bonchev–Trinajstić information content (AvgIpc) is 2.64. The lowest BCUT2D eigenvalue weighted by molar-refractivity contribution is -0.0931. The van der Waals surface area contributed by atoms with E-state index in [1.165, 1.54) is 6.92 Å². The van der Waals surface area contributed by atoms with Crippen molar-refractivity contribution >= 4 is 12.2 Å². The Hall–Kier alpha value is -1.70. The third-order valence-corrected chi connectivity index (χ3v) is 3.25. The second kappa shape index (κ2) is 5.01. The molecule has 0 aromatic carbocycles. The van der Waals surface area contributed by atoms with Crippen LogP contribution in [-0.4, -0.2) is 68.9 Å². The van der Waals surface area contributed by atoms with E-state index in [0.29, 0.717) is 0 Å². The van der Waals surface area contributed by atoms with Crippen molar-refractivity contribution in [3.05, 3.63) is 0 Å². The van der Waals surface area contributed by atoms with Gasteiger partial charge in [-0.25, -0.2) is 4.79 Å². The molecule has 1 fully saturated rings. The zero-order chi connectivity index (χ0) is 15.1. The molecule has 2 aliphatic rings. The Balaban J connectivity index is 2.33. The highest BCUT2D eigenvalue weighted by molar-refractivity contribution is 5.82. The van der Waals surface area contributed by atoms with Gasteiger partial charge in [0.25, 0.3) is 0 Å². The van der Waals surface area contributed by atoms with Crippen molar-refractivity contribution in [1.82, 2.24) is 10.3 Å². The molecule has 9 nitrogen and oxygen atoms in total. The van der Waals surface area contributed by atoms with Crippen molar-refractivity contribution < 1.29 is 24.9 Å². The van der Waals surface area contributed by atoms with Crippen molar-refractivity contribution in [2.75, 3.05) is 0 Å². The van der Waals surface area contributed by atoms with Crippen LogP contribution in [0.5, 0.6) is 0 Å². The molecule has 9 heteroatoms. The summed E-state index contributed by atoms with van der Waals surface area (Å²) < 4.78 is 5.39. The summed E-state index contributed by atoms with van der Waals surface area (Å²) in [6, 6.07) is -0.784. The van der Waals surface area contributed by atoms with Crippen molar-refractivity contribution in [3.8, 4) is 12.3 Å². The number of hydrazone groups is 1. The Labute approximate surface area is 115 Å². The fraction of sp³-hybridized carbons (Fsp3) is 0.636. The van der Waals surface area contributed by atoms with Crippen LogP contribution in [0, 0.1) is 12.3 Å². The topological polar surface area (TPSA) is 141 Å². The van der Waals surface area contributed by atoms with Gasteiger partial charge in [-0.05, 0) is 6.92 Å². The van der Waals surface area contributed by atoms with Gasteiger partial charge in [0, 0.05) is 0 Å². The van der Waals surface area contributed by atoms with E-state index in [-0.39, 0.29) is 0 Å². The molecule has 0 radical (unpaired) electrons. The molecule has 2 rings (SSSR count). The van der Waals surface area contributed by atoms with Gasteiger partial charge in [-0.1, -0.05) is 5.92 Å². The second-order valence-electron chi connectivity index (χ2n) is 4.72. The number of nitrogens with two attached hydrogens (primary N) is 1. The molecule has 0 aromatic heterocycles. The van der Waals surface area contributed by atoms with Crippen molar-refractivity contribution in [3.63, 3.8) is 0 Å². The van der Waals surface area contributed by atoms with E-state index in [4.69, 9.17) is 16.9 Å². The maximum absolute atomic E-state index is 11.8. The number of ether oxygens (including phenoxy) is 1. The van der Waals surface area contributed by atoms with E-state index in [1.807, 2.05) is 0 Å². The molecule has 6 N–H and O–H groups in total. The molecule has 6 atom stereocenters. The first-order valence-corrected chi connectivity index (χ1v) is 5.91. The number of nitrogens with zero attached hydrogens (tertiary/aromatic N) is 2. The van der Waals surface area contributed by atoms with Gasteiger partial charge < -0.3 is 31.1 Å². The fourth-order valence-corrected chi connectivity index (χ4v) is 2.13. The maximum Gasteiger partial charge on any atom is 0.342 e. The molecule has 0 aliphatic carbocycles. The van der Waals surface area contributed by atoms with Crippen LogP contribution in [0.25, 0.3) is 0 Å². The number of amides is 2. The zero-order valence-electron chi connectivity index (χ0n) is 10.7.